The predicted molar refractivity (Wildman–Crippen MR) is 82.0 cm³/mol. The fraction of sp³-hybridized carbons (Fsp3) is 0.562. The summed E-state index contributed by atoms with van der Waals surface area (Å²) in [4.78, 5) is 2.42. The first-order valence-corrected chi connectivity index (χ1v) is 7.52. The van der Waals surface area contributed by atoms with E-state index in [1.807, 2.05) is 0 Å². The average Bonchev–Trinajstić information content (AvgIpc) is 2.71. The van der Waals surface area contributed by atoms with E-state index in [0.29, 0.717) is 5.92 Å². The van der Waals surface area contributed by atoms with Crippen LogP contribution in [0.3, 0.4) is 0 Å². The summed E-state index contributed by atoms with van der Waals surface area (Å²) in [6, 6.07) is 8.98. The number of hydrogen-bond acceptors (Lipinski definition) is 2. The van der Waals surface area contributed by atoms with Gasteiger partial charge < -0.3 is 0 Å². The molecule has 0 bridgehead atoms. The number of benzene rings is 1. The molecule has 1 aromatic carbocycles. The number of likely N-dealkylation sites (tertiary alicyclic amines) is 1. The second-order valence-corrected chi connectivity index (χ2v) is 7.40. The Morgan fingerprint density at radius 1 is 1.26 bits per heavy atom. The van der Waals surface area contributed by atoms with Crippen molar-refractivity contribution in [3.05, 3.63) is 33.8 Å². The van der Waals surface area contributed by atoms with E-state index >= 15 is 0 Å². The molecule has 2 rings (SSSR count). The first-order valence-electron chi connectivity index (χ1n) is 6.73. The minimum Gasteiger partial charge on any atom is -0.297 e. The molecule has 1 saturated heterocycles. The quantitative estimate of drug-likeness (QED) is 0.779. The first-order chi connectivity index (χ1) is 8.81. The molecule has 0 saturated carbocycles. The first kappa shape index (κ1) is 14.6. The topological polar surface area (TPSA) is 27.0 Å². The van der Waals surface area contributed by atoms with E-state index < -0.39 is 0 Å². The minimum absolute atomic E-state index is 0.0907. The van der Waals surface area contributed by atoms with Crippen molar-refractivity contribution >= 4 is 15.9 Å². The van der Waals surface area contributed by atoms with Crippen LogP contribution < -0.4 is 0 Å². The van der Waals surface area contributed by atoms with Crippen molar-refractivity contribution in [1.82, 2.24) is 4.90 Å². The Morgan fingerprint density at radius 3 is 2.47 bits per heavy atom. The molecule has 1 aromatic rings. The van der Waals surface area contributed by atoms with Gasteiger partial charge >= 0.3 is 0 Å². The predicted octanol–water partition coefficient (Wildman–Crippen LogP) is 4.10. The van der Waals surface area contributed by atoms with Gasteiger partial charge in [0, 0.05) is 29.0 Å². The molecule has 2 nitrogen and oxygen atoms in total. The van der Waals surface area contributed by atoms with Crippen LogP contribution >= 0.6 is 15.9 Å². The molecule has 19 heavy (non-hydrogen) atoms. The lowest BCUT2D eigenvalue weighted by molar-refractivity contribution is 0.170. The van der Waals surface area contributed by atoms with Crippen molar-refractivity contribution in [1.29, 1.82) is 5.26 Å². The molecule has 0 amide bonds. The van der Waals surface area contributed by atoms with E-state index in [1.165, 1.54) is 11.1 Å². The molecular formula is C16H21BrN2. The molecule has 102 valence electrons. The van der Waals surface area contributed by atoms with Crippen molar-refractivity contribution in [2.75, 3.05) is 13.1 Å². The van der Waals surface area contributed by atoms with Gasteiger partial charge in [0.1, 0.15) is 0 Å². The lowest BCUT2D eigenvalue weighted by Crippen LogP contribution is -2.39. The van der Waals surface area contributed by atoms with Crippen LogP contribution in [0.1, 0.15) is 37.8 Å². The lowest BCUT2D eigenvalue weighted by atomic mass is 9.89. The van der Waals surface area contributed by atoms with Crippen molar-refractivity contribution in [2.45, 2.75) is 39.2 Å². The highest BCUT2D eigenvalue weighted by Gasteiger charge is 2.38. The molecule has 2 atom stereocenters. The van der Waals surface area contributed by atoms with Crippen LogP contribution in [0.2, 0.25) is 0 Å². The second kappa shape index (κ2) is 5.26. The zero-order chi connectivity index (χ0) is 14.2. The summed E-state index contributed by atoms with van der Waals surface area (Å²) in [5.41, 5.74) is 2.66. The van der Waals surface area contributed by atoms with E-state index in [9.17, 15) is 5.26 Å². The minimum atomic E-state index is 0.0907. The van der Waals surface area contributed by atoms with Gasteiger partial charge in [-0.15, -0.1) is 0 Å². The monoisotopic (exact) mass is 320 g/mol. The van der Waals surface area contributed by atoms with Crippen molar-refractivity contribution < 1.29 is 0 Å². The third-order valence-electron chi connectivity index (χ3n) is 3.93. The maximum absolute atomic E-state index is 9.43. The summed E-state index contributed by atoms with van der Waals surface area (Å²) in [6.45, 7) is 10.6. The Kier molecular flexibility index (Phi) is 4.03. The molecule has 0 aromatic heterocycles. The van der Waals surface area contributed by atoms with Gasteiger partial charge in [-0.25, -0.2) is 0 Å². The summed E-state index contributed by atoms with van der Waals surface area (Å²) < 4.78 is 1.10. The highest BCUT2D eigenvalue weighted by molar-refractivity contribution is 9.10. The van der Waals surface area contributed by atoms with Gasteiger partial charge in [-0.2, -0.15) is 5.26 Å². The Labute approximate surface area is 124 Å². The standard InChI is InChI=1S/C16H21BrN2/c1-11-5-12(7-14(17)6-11)15-10-19(16(2,3)4)9-13(15)8-18/h5-7,13,15H,9-10H2,1-4H3/t13-,15+/m1/s1. The summed E-state index contributed by atoms with van der Waals surface area (Å²) in [6.07, 6.45) is 0. The average molecular weight is 321 g/mol. The zero-order valence-electron chi connectivity index (χ0n) is 12.1. The lowest BCUT2D eigenvalue weighted by Gasteiger charge is -2.31. The Hall–Kier alpha value is -0.850. The van der Waals surface area contributed by atoms with Crippen molar-refractivity contribution in [3.63, 3.8) is 0 Å². The number of halogens is 1. The van der Waals surface area contributed by atoms with Crippen molar-refractivity contribution in [3.8, 4) is 6.07 Å². The molecule has 3 heteroatoms. The summed E-state index contributed by atoms with van der Waals surface area (Å²) in [7, 11) is 0. The Bertz CT molecular complexity index is 490. The van der Waals surface area contributed by atoms with Crippen LogP contribution in [0.25, 0.3) is 0 Å². The zero-order valence-corrected chi connectivity index (χ0v) is 13.7. The molecule has 0 N–H and O–H groups in total. The normalized spacial score (nSPS) is 24.4. The molecular weight excluding hydrogens is 300 g/mol. The van der Waals surface area contributed by atoms with Crippen molar-refractivity contribution in [2.24, 2.45) is 5.92 Å². The Balaban J connectivity index is 2.31. The summed E-state index contributed by atoms with van der Waals surface area (Å²) >= 11 is 3.56. The summed E-state index contributed by atoms with van der Waals surface area (Å²) in [5, 5.41) is 9.43. The maximum Gasteiger partial charge on any atom is 0.0676 e. The maximum atomic E-state index is 9.43. The van der Waals surface area contributed by atoms with Crippen LogP contribution in [-0.4, -0.2) is 23.5 Å². The third kappa shape index (κ3) is 3.19. The molecule has 0 spiro atoms. The number of rotatable bonds is 1. The van der Waals surface area contributed by atoms with E-state index in [4.69, 9.17) is 0 Å². The van der Waals surface area contributed by atoms with Gasteiger partial charge in [-0.05, 0) is 51.0 Å². The van der Waals surface area contributed by atoms with Gasteiger partial charge in [-0.3, -0.25) is 4.90 Å². The number of aryl methyl sites for hydroxylation is 1. The van der Waals surface area contributed by atoms with E-state index in [0.717, 1.165) is 17.6 Å². The SMILES string of the molecule is Cc1cc(Br)cc([C@@H]2CN(C(C)(C)C)C[C@H]2C#N)c1. The van der Waals surface area contributed by atoms with E-state index in [1.54, 1.807) is 0 Å². The van der Waals surface area contributed by atoms with Crippen LogP contribution in [0.4, 0.5) is 0 Å². The van der Waals surface area contributed by atoms with Crippen LogP contribution in [0, 0.1) is 24.2 Å². The molecule has 0 unspecified atom stereocenters. The molecule has 1 aliphatic heterocycles. The molecule has 1 heterocycles. The highest BCUT2D eigenvalue weighted by atomic mass is 79.9. The molecule has 1 fully saturated rings. The van der Waals surface area contributed by atoms with Crippen LogP contribution in [-0.2, 0) is 0 Å². The van der Waals surface area contributed by atoms with Crippen LogP contribution in [0.5, 0.6) is 0 Å². The summed E-state index contributed by atoms with van der Waals surface area (Å²) in [5.74, 6) is 0.411. The second-order valence-electron chi connectivity index (χ2n) is 6.48. The van der Waals surface area contributed by atoms with Crippen LogP contribution in [0.15, 0.2) is 22.7 Å². The number of nitrogens with zero attached hydrogens (tertiary/aromatic N) is 2. The molecule has 0 radical (unpaired) electrons. The number of nitriles is 1. The smallest absolute Gasteiger partial charge is 0.0676 e. The Morgan fingerprint density at radius 2 is 1.95 bits per heavy atom. The molecule has 0 aliphatic carbocycles. The fourth-order valence-electron chi connectivity index (χ4n) is 2.80. The highest BCUT2D eigenvalue weighted by Crippen LogP contribution is 2.37. The molecule has 1 aliphatic rings. The third-order valence-corrected chi connectivity index (χ3v) is 4.38. The number of hydrogen-bond donors (Lipinski definition) is 0. The van der Waals surface area contributed by atoms with Gasteiger partial charge in [0.15, 0.2) is 0 Å². The van der Waals surface area contributed by atoms with Gasteiger partial charge in [0.2, 0.25) is 0 Å². The fourth-order valence-corrected chi connectivity index (χ4v) is 3.42. The van der Waals surface area contributed by atoms with E-state index in [-0.39, 0.29) is 11.5 Å². The van der Waals surface area contributed by atoms with Gasteiger partial charge in [0.25, 0.3) is 0 Å². The van der Waals surface area contributed by atoms with Gasteiger partial charge in [-0.1, -0.05) is 22.0 Å². The van der Waals surface area contributed by atoms with Gasteiger partial charge in [0.05, 0.1) is 12.0 Å². The largest absolute Gasteiger partial charge is 0.297 e. The van der Waals surface area contributed by atoms with E-state index in [2.05, 4.69) is 72.8 Å².